The van der Waals surface area contributed by atoms with Gasteiger partial charge in [-0.2, -0.15) is 0 Å². The summed E-state index contributed by atoms with van der Waals surface area (Å²) in [5.74, 6) is 1.36. The predicted octanol–water partition coefficient (Wildman–Crippen LogP) is 4.03. The lowest BCUT2D eigenvalue weighted by Gasteiger charge is -2.14. The van der Waals surface area contributed by atoms with E-state index in [4.69, 9.17) is 9.47 Å². The summed E-state index contributed by atoms with van der Waals surface area (Å²) in [5, 5.41) is 5.36. The van der Waals surface area contributed by atoms with E-state index in [1.807, 2.05) is 13.0 Å². The van der Waals surface area contributed by atoms with Crippen LogP contribution < -0.4 is 15.4 Å². The van der Waals surface area contributed by atoms with E-state index in [1.165, 1.54) is 12.5 Å². The number of nitrogens with zero attached hydrogens (tertiary/aromatic N) is 3. The standard InChI is InChI=1S/C18H16BrN5O3/c1-12-8-22-17(10-21-12)24-18(25)23-15-7-13(19)3-4-16(15)27-11-14-9-20-5-2-6-26-14/h2-10H,11H2,1H3,(H2,22,23,24,25). The molecule has 8 nitrogen and oxygen atoms in total. The first-order valence-electron chi connectivity index (χ1n) is 7.93. The fraction of sp³-hybridized carbons (Fsp3) is 0.111. The number of aliphatic imine (C=N–C) groups is 1. The Morgan fingerprint density at radius 1 is 1.26 bits per heavy atom. The van der Waals surface area contributed by atoms with Gasteiger partial charge in [0.15, 0.2) is 11.6 Å². The highest BCUT2D eigenvalue weighted by atomic mass is 79.9. The number of urea groups is 1. The van der Waals surface area contributed by atoms with E-state index in [1.54, 1.807) is 36.8 Å². The summed E-state index contributed by atoms with van der Waals surface area (Å²) in [5.41, 5.74) is 1.24. The van der Waals surface area contributed by atoms with Crippen molar-refractivity contribution in [3.05, 3.63) is 65.1 Å². The summed E-state index contributed by atoms with van der Waals surface area (Å²) in [7, 11) is 0. The van der Waals surface area contributed by atoms with Crippen LogP contribution in [-0.2, 0) is 4.74 Å². The van der Waals surface area contributed by atoms with Crippen LogP contribution in [0.2, 0.25) is 0 Å². The first-order chi connectivity index (χ1) is 13.1. The fourth-order valence-electron chi connectivity index (χ4n) is 2.04. The smallest absolute Gasteiger partial charge is 0.325 e. The number of hydrogen-bond acceptors (Lipinski definition) is 6. The molecule has 1 aromatic carbocycles. The van der Waals surface area contributed by atoms with Crippen LogP contribution in [0.1, 0.15) is 5.69 Å². The molecule has 1 aliphatic rings. The van der Waals surface area contributed by atoms with E-state index in [0.717, 1.165) is 10.2 Å². The lowest BCUT2D eigenvalue weighted by Crippen LogP contribution is -2.21. The Kier molecular flexibility index (Phi) is 6.16. The molecule has 3 rings (SSSR count). The Balaban J connectivity index is 1.67. The van der Waals surface area contributed by atoms with Crippen molar-refractivity contribution in [2.45, 2.75) is 6.92 Å². The van der Waals surface area contributed by atoms with Gasteiger partial charge >= 0.3 is 6.03 Å². The highest BCUT2D eigenvalue weighted by molar-refractivity contribution is 9.10. The molecule has 0 saturated heterocycles. The molecule has 0 unspecified atom stereocenters. The van der Waals surface area contributed by atoms with Gasteiger partial charge in [-0.05, 0) is 31.2 Å². The molecule has 0 radical (unpaired) electrons. The van der Waals surface area contributed by atoms with Crippen molar-refractivity contribution in [1.82, 2.24) is 9.97 Å². The number of ether oxygens (including phenoxy) is 2. The van der Waals surface area contributed by atoms with E-state index >= 15 is 0 Å². The van der Waals surface area contributed by atoms with Gasteiger partial charge in [0.25, 0.3) is 0 Å². The first kappa shape index (κ1) is 18.6. The Hall–Kier alpha value is -3.20. The van der Waals surface area contributed by atoms with Crippen LogP contribution in [0.4, 0.5) is 16.3 Å². The molecule has 2 heterocycles. The van der Waals surface area contributed by atoms with E-state index in [2.05, 4.69) is 41.5 Å². The lowest BCUT2D eigenvalue weighted by atomic mass is 10.3. The number of nitrogens with one attached hydrogen (secondary N) is 2. The zero-order valence-corrected chi connectivity index (χ0v) is 15.9. The summed E-state index contributed by atoms with van der Waals surface area (Å²) < 4.78 is 11.9. The van der Waals surface area contributed by atoms with Crippen LogP contribution >= 0.6 is 15.9 Å². The van der Waals surface area contributed by atoms with Gasteiger partial charge in [0, 0.05) is 10.7 Å². The second-order valence-electron chi connectivity index (χ2n) is 5.39. The van der Waals surface area contributed by atoms with Crippen molar-refractivity contribution in [3.8, 4) is 5.75 Å². The Bertz CT molecular complexity index is 910. The molecule has 2 N–H and O–H groups in total. The Morgan fingerprint density at radius 3 is 2.96 bits per heavy atom. The fourth-order valence-corrected chi connectivity index (χ4v) is 2.40. The van der Waals surface area contributed by atoms with E-state index in [0.29, 0.717) is 23.0 Å². The predicted molar refractivity (Wildman–Crippen MR) is 106 cm³/mol. The Labute approximate surface area is 164 Å². The number of halogens is 1. The first-order valence-corrected chi connectivity index (χ1v) is 8.72. The summed E-state index contributed by atoms with van der Waals surface area (Å²) in [6, 6.07) is 4.82. The quantitative estimate of drug-likeness (QED) is 0.747. The summed E-state index contributed by atoms with van der Waals surface area (Å²) in [4.78, 5) is 24.5. The highest BCUT2D eigenvalue weighted by Gasteiger charge is 2.11. The molecule has 138 valence electrons. The van der Waals surface area contributed by atoms with Crippen LogP contribution in [0.15, 0.2) is 64.4 Å². The third-order valence-corrected chi connectivity index (χ3v) is 3.76. The number of allylic oxidation sites excluding steroid dienone is 1. The van der Waals surface area contributed by atoms with Crippen LogP contribution in [-0.4, -0.2) is 28.8 Å². The van der Waals surface area contributed by atoms with Crippen LogP contribution in [0.5, 0.6) is 5.75 Å². The molecule has 1 aliphatic heterocycles. The third kappa shape index (κ3) is 5.65. The molecule has 0 fully saturated rings. The number of carbonyl (C=O) groups excluding carboxylic acids is 1. The number of aromatic nitrogens is 2. The van der Waals surface area contributed by atoms with Gasteiger partial charge in [-0.25, -0.2) is 9.78 Å². The van der Waals surface area contributed by atoms with Crippen LogP contribution in [0, 0.1) is 6.92 Å². The summed E-state index contributed by atoms with van der Waals surface area (Å²) in [6.45, 7) is 1.97. The molecule has 0 bridgehead atoms. The number of rotatable bonds is 5. The minimum atomic E-state index is -0.464. The average molecular weight is 430 g/mol. The molecule has 0 aliphatic carbocycles. The molecule has 9 heteroatoms. The molecule has 0 spiro atoms. The van der Waals surface area contributed by atoms with Gasteiger partial charge in [0.1, 0.15) is 12.4 Å². The van der Waals surface area contributed by atoms with Crippen molar-refractivity contribution in [2.75, 3.05) is 17.2 Å². The van der Waals surface area contributed by atoms with Gasteiger partial charge in [0.05, 0.1) is 36.2 Å². The topological polar surface area (TPSA) is 97.7 Å². The SMILES string of the molecule is Cc1cnc(NC(=O)Nc2cc(Br)ccc2OCC2=CN=CC=CO2)cn1. The van der Waals surface area contributed by atoms with Crippen molar-refractivity contribution < 1.29 is 14.3 Å². The summed E-state index contributed by atoms with van der Waals surface area (Å²) in [6.07, 6.45) is 9.42. The van der Waals surface area contributed by atoms with Crippen LogP contribution in [0.3, 0.4) is 0 Å². The van der Waals surface area contributed by atoms with E-state index < -0.39 is 6.03 Å². The van der Waals surface area contributed by atoms with Gasteiger partial charge in [0.2, 0.25) is 0 Å². The van der Waals surface area contributed by atoms with Gasteiger partial charge < -0.3 is 14.8 Å². The van der Waals surface area contributed by atoms with Crippen molar-refractivity contribution in [3.63, 3.8) is 0 Å². The second kappa shape index (κ2) is 8.95. The van der Waals surface area contributed by atoms with Crippen LogP contribution in [0.25, 0.3) is 0 Å². The largest absolute Gasteiger partial charge is 0.483 e. The van der Waals surface area contributed by atoms with Gasteiger partial charge in [-0.15, -0.1) is 0 Å². The maximum absolute atomic E-state index is 12.3. The number of hydrogen-bond donors (Lipinski definition) is 2. The minimum absolute atomic E-state index is 0.156. The molecule has 0 atom stereocenters. The lowest BCUT2D eigenvalue weighted by molar-refractivity contribution is 0.250. The summed E-state index contributed by atoms with van der Waals surface area (Å²) >= 11 is 3.39. The molecular weight excluding hydrogens is 414 g/mol. The number of anilines is 2. The highest BCUT2D eigenvalue weighted by Crippen LogP contribution is 2.29. The van der Waals surface area contributed by atoms with Gasteiger partial charge in [-0.3, -0.25) is 15.3 Å². The second-order valence-corrected chi connectivity index (χ2v) is 6.31. The van der Waals surface area contributed by atoms with Gasteiger partial charge in [-0.1, -0.05) is 15.9 Å². The number of benzene rings is 1. The average Bonchev–Trinajstić information content (AvgIpc) is 2.92. The normalized spacial score (nSPS) is 12.6. The van der Waals surface area contributed by atoms with E-state index in [9.17, 15) is 4.79 Å². The van der Waals surface area contributed by atoms with Crippen molar-refractivity contribution >= 4 is 39.7 Å². The Morgan fingerprint density at radius 2 is 2.15 bits per heavy atom. The maximum Gasteiger partial charge on any atom is 0.325 e. The monoisotopic (exact) mass is 429 g/mol. The molecular formula is C18H16BrN5O3. The number of carbonyl (C=O) groups is 1. The minimum Gasteiger partial charge on any atom is -0.483 e. The third-order valence-electron chi connectivity index (χ3n) is 3.27. The zero-order chi connectivity index (χ0) is 19.1. The van der Waals surface area contributed by atoms with Crippen molar-refractivity contribution in [1.29, 1.82) is 0 Å². The van der Waals surface area contributed by atoms with E-state index in [-0.39, 0.29) is 6.61 Å². The number of aryl methyl sites for hydroxylation is 1. The molecule has 1 aromatic heterocycles. The van der Waals surface area contributed by atoms with Crippen molar-refractivity contribution in [2.24, 2.45) is 4.99 Å². The molecule has 2 amide bonds. The maximum atomic E-state index is 12.3. The molecule has 27 heavy (non-hydrogen) atoms. The molecule has 0 saturated carbocycles. The molecule has 2 aromatic rings. The number of amides is 2. The zero-order valence-electron chi connectivity index (χ0n) is 14.3.